The fourth-order valence-corrected chi connectivity index (χ4v) is 2.63. The van der Waals surface area contributed by atoms with Gasteiger partial charge in [-0.05, 0) is 38.0 Å². The number of amides is 1. The summed E-state index contributed by atoms with van der Waals surface area (Å²) in [7, 11) is 1.90. The average molecular weight is 260 g/mol. The zero-order chi connectivity index (χ0) is 13.4. The number of hydrogen-bond acceptors (Lipinski definition) is 3. The van der Waals surface area contributed by atoms with Crippen LogP contribution < -0.4 is 5.73 Å². The summed E-state index contributed by atoms with van der Waals surface area (Å²) < 4.78 is 0. The minimum absolute atomic E-state index is 0.225. The van der Waals surface area contributed by atoms with Crippen LogP contribution in [0.2, 0.25) is 0 Å². The van der Waals surface area contributed by atoms with Gasteiger partial charge in [-0.3, -0.25) is 4.79 Å². The third kappa shape index (κ3) is 6.94. The van der Waals surface area contributed by atoms with Gasteiger partial charge in [-0.1, -0.05) is 13.8 Å². The predicted molar refractivity (Wildman–Crippen MR) is 77.2 cm³/mol. The third-order valence-corrected chi connectivity index (χ3v) is 3.88. The van der Waals surface area contributed by atoms with E-state index in [4.69, 9.17) is 5.73 Å². The standard InChI is InChI=1S/C13H28N2OS/c1-10(2)6-12(8-14)7-13(16)15(4)11(3)9-17-5/h10-12H,6-9,14H2,1-5H3/t11?,12-/m0/s1. The average Bonchev–Trinajstić information content (AvgIpc) is 2.26. The van der Waals surface area contributed by atoms with Crippen molar-refractivity contribution in [2.24, 2.45) is 17.6 Å². The lowest BCUT2D eigenvalue weighted by atomic mass is 9.93. The van der Waals surface area contributed by atoms with Crippen molar-refractivity contribution in [3.05, 3.63) is 0 Å². The van der Waals surface area contributed by atoms with Crippen molar-refractivity contribution in [1.29, 1.82) is 0 Å². The lowest BCUT2D eigenvalue weighted by molar-refractivity contribution is -0.132. The molecule has 4 heteroatoms. The van der Waals surface area contributed by atoms with E-state index in [1.54, 1.807) is 11.8 Å². The number of nitrogens with two attached hydrogens (primary N) is 1. The topological polar surface area (TPSA) is 46.3 Å². The fraction of sp³-hybridized carbons (Fsp3) is 0.923. The van der Waals surface area contributed by atoms with Crippen molar-refractivity contribution < 1.29 is 4.79 Å². The van der Waals surface area contributed by atoms with Gasteiger partial charge < -0.3 is 10.6 Å². The molecule has 0 fully saturated rings. The molecule has 2 atom stereocenters. The molecule has 3 nitrogen and oxygen atoms in total. The van der Waals surface area contributed by atoms with E-state index >= 15 is 0 Å². The second-order valence-electron chi connectivity index (χ2n) is 5.24. The molecule has 0 rings (SSSR count). The molecule has 0 aliphatic rings. The van der Waals surface area contributed by atoms with Gasteiger partial charge in [0.1, 0.15) is 0 Å². The molecule has 2 N–H and O–H groups in total. The van der Waals surface area contributed by atoms with Gasteiger partial charge in [0.25, 0.3) is 0 Å². The van der Waals surface area contributed by atoms with Gasteiger partial charge in [-0.15, -0.1) is 0 Å². The normalized spacial score (nSPS) is 14.8. The minimum atomic E-state index is 0.225. The second-order valence-corrected chi connectivity index (χ2v) is 6.16. The first kappa shape index (κ1) is 16.8. The highest BCUT2D eigenvalue weighted by Gasteiger charge is 2.19. The Balaban J connectivity index is 4.20. The first-order valence-corrected chi connectivity index (χ1v) is 7.76. The SMILES string of the molecule is CSCC(C)N(C)C(=O)C[C@@H](CN)CC(C)C. The Morgan fingerprint density at radius 2 is 1.94 bits per heavy atom. The Kier molecular flexibility index (Phi) is 8.70. The lowest BCUT2D eigenvalue weighted by Crippen LogP contribution is -2.38. The number of hydrogen-bond donors (Lipinski definition) is 1. The molecule has 1 unspecified atom stereocenters. The predicted octanol–water partition coefficient (Wildman–Crippen LogP) is 2.21. The van der Waals surface area contributed by atoms with Crippen LogP contribution in [0.15, 0.2) is 0 Å². The molecule has 0 saturated carbocycles. The van der Waals surface area contributed by atoms with E-state index in [0.717, 1.165) is 12.2 Å². The summed E-state index contributed by atoms with van der Waals surface area (Å²) in [6, 6.07) is 0.301. The van der Waals surface area contributed by atoms with Crippen LogP contribution in [0.5, 0.6) is 0 Å². The van der Waals surface area contributed by atoms with Crippen molar-refractivity contribution in [1.82, 2.24) is 4.90 Å². The van der Waals surface area contributed by atoms with Crippen molar-refractivity contribution in [2.75, 3.05) is 25.6 Å². The summed E-state index contributed by atoms with van der Waals surface area (Å²) in [4.78, 5) is 13.9. The Labute approximate surface area is 111 Å². The molecule has 0 heterocycles. The second kappa shape index (κ2) is 8.81. The zero-order valence-electron chi connectivity index (χ0n) is 11.9. The van der Waals surface area contributed by atoms with Crippen molar-refractivity contribution in [2.45, 2.75) is 39.7 Å². The van der Waals surface area contributed by atoms with Crippen LogP contribution in [0.1, 0.15) is 33.6 Å². The molecule has 0 aromatic carbocycles. The highest BCUT2D eigenvalue weighted by Crippen LogP contribution is 2.16. The van der Waals surface area contributed by atoms with E-state index in [9.17, 15) is 4.79 Å². The molecule has 0 saturated heterocycles. The molecule has 0 aliphatic heterocycles. The van der Waals surface area contributed by atoms with Gasteiger partial charge in [0.2, 0.25) is 5.91 Å². The molecule has 102 valence electrons. The number of rotatable bonds is 8. The summed E-state index contributed by atoms with van der Waals surface area (Å²) in [5.74, 6) is 2.14. The van der Waals surface area contributed by atoms with Crippen LogP contribution in [0.25, 0.3) is 0 Å². The maximum absolute atomic E-state index is 12.1. The van der Waals surface area contributed by atoms with E-state index in [1.165, 1.54) is 0 Å². The molecule has 17 heavy (non-hydrogen) atoms. The highest BCUT2D eigenvalue weighted by atomic mass is 32.2. The third-order valence-electron chi connectivity index (χ3n) is 3.06. The van der Waals surface area contributed by atoms with Gasteiger partial charge >= 0.3 is 0 Å². The van der Waals surface area contributed by atoms with Crippen molar-refractivity contribution in [3.63, 3.8) is 0 Å². The molecular weight excluding hydrogens is 232 g/mol. The number of carbonyl (C=O) groups excluding carboxylic acids is 1. The number of nitrogens with zero attached hydrogens (tertiary/aromatic N) is 1. The largest absolute Gasteiger partial charge is 0.342 e. The summed E-state index contributed by atoms with van der Waals surface area (Å²) >= 11 is 1.77. The molecule has 0 aromatic rings. The minimum Gasteiger partial charge on any atom is -0.342 e. The summed E-state index contributed by atoms with van der Waals surface area (Å²) in [6.07, 6.45) is 3.69. The quantitative estimate of drug-likeness (QED) is 0.728. The van der Waals surface area contributed by atoms with E-state index < -0.39 is 0 Å². The highest BCUT2D eigenvalue weighted by molar-refractivity contribution is 7.98. The number of carbonyl (C=O) groups is 1. The van der Waals surface area contributed by atoms with E-state index in [-0.39, 0.29) is 5.91 Å². The molecule has 1 amide bonds. The Morgan fingerprint density at radius 3 is 2.35 bits per heavy atom. The van der Waals surface area contributed by atoms with Gasteiger partial charge in [-0.2, -0.15) is 11.8 Å². The first-order chi connectivity index (χ1) is 7.92. The van der Waals surface area contributed by atoms with Gasteiger partial charge in [-0.25, -0.2) is 0 Å². The molecule has 0 aliphatic carbocycles. The molecular formula is C13H28N2OS. The van der Waals surface area contributed by atoms with Crippen LogP contribution in [-0.4, -0.2) is 42.4 Å². The van der Waals surface area contributed by atoms with Crippen molar-refractivity contribution >= 4 is 17.7 Å². The van der Waals surface area contributed by atoms with Crippen LogP contribution >= 0.6 is 11.8 Å². The van der Waals surface area contributed by atoms with Gasteiger partial charge in [0.05, 0.1) is 0 Å². The van der Waals surface area contributed by atoms with E-state index in [2.05, 4.69) is 27.0 Å². The lowest BCUT2D eigenvalue weighted by Gasteiger charge is -2.26. The Morgan fingerprint density at radius 1 is 1.35 bits per heavy atom. The fourth-order valence-electron chi connectivity index (χ4n) is 1.92. The van der Waals surface area contributed by atoms with E-state index in [0.29, 0.717) is 30.8 Å². The number of thioether (sulfide) groups is 1. The van der Waals surface area contributed by atoms with Gasteiger partial charge in [0.15, 0.2) is 0 Å². The van der Waals surface area contributed by atoms with Crippen LogP contribution in [-0.2, 0) is 4.79 Å². The molecule has 0 radical (unpaired) electrons. The maximum atomic E-state index is 12.1. The maximum Gasteiger partial charge on any atom is 0.222 e. The van der Waals surface area contributed by atoms with Crippen LogP contribution in [0.3, 0.4) is 0 Å². The Hall–Kier alpha value is -0.220. The molecule has 0 bridgehead atoms. The molecule has 0 aromatic heterocycles. The zero-order valence-corrected chi connectivity index (χ0v) is 12.7. The van der Waals surface area contributed by atoms with Crippen LogP contribution in [0, 0.1) is 11.8 Å². The summed E-state index contributed by atoms with van der Waals surface area (Å²) in [5.41, 5.74) is 5.73. The molecule has 0 spiro atoms. The van der Waals surface area contributed by atoms with E-state index in [1.807, 2.05) is 11.9 Å². The summed E-state index contributed by atoms with van der Waals surface area (Å²) in [5, 5.41) is 0. The first-order valence-electron chi connectivity index (χ1n) is 6.37. The van der Waals surface area contributed by atoms with Crippen LogP contribution in [0.4, 0.5) is 0 Å². The summed E-state index contributed by atoms with van der Waals surface area (Å²) in [6.45, 7) is 7.05. The smallest absolute Gasteiger partial charge is 0.222 e. The monoisotopic (exact) mass is 260 g/mol. The van der Waals surface area contributed by atoms with Gasteiger partial charge in [0, 0.05) is 25.3 Å². The van der Waals surface area contributed by atoms with Crippen molar-refractivity contribution in [3.8, 4) is 0 Å². The Bertz CT molecular complexity index is 221.